The maximum atomic E-state index is 14.3. The van der Waals surface area contributed by atoms with Crippen molar-refractivity contribution in [1.82, 2.24) is 4.98 Å². The lowest BCUT2D eigenvalue weighted by molar-refractivity contribution is -0.154. The van der Waals surface area contributed by atoms with Gasteiger partial charge in [0.15, 0.2) is 6.61 Å². The van der Waals surface area contributed by atoms with Gasteiger partial charge in [0, 0.05) is 12.3 Å². The SMILES string of the molecule is CC1(C)OB(C(F)=Cc2ccc(OCC(F)(F)F)nc2)OC1(C)C. The molecule has 0 amide bonds. The van der Waals surface area contributed by atoms with Crippen molar-refractivity contribution < 1.29 is 31.6 Å². The molecule has 24 heavy (non-hydrogen) atoms. The van der Waals surface area contributed by atoms with Crippen molar-refractivity contribution in [3.63, 3.8) is 0 Å². The van der Waals surface area contributed by atoms with E-state index in [1.807, 2.05) is 0 Å². The van der Waals surface area contributed by atoms with Gasteiger partial charge in [-0.15, -0.1) is 0 Å². The van der Waals surface area contributed by atoms with Crippen molar-refractivity contribution in [2.75, 3.05) is 6.61 Å². The van der Waals surface area contributed by atoms with Crippen molar-refractivity contribution in [1.29, 1.82) is 0 Å². The first kappa shape index (κ1) is 18.7. The van der Waals surface area contributed by atoms with Crippen molar-refractivity contribution >= 4 is 13.2 Å². The highest BCUT2D eigenvalue weighted by molar-refractivity contribution is 6.54. The summed E-state index contributed by atoms with van der Waals surface area (Å²) in [6.07, 6.45) is -2.08. The van der Waals surface area contributed by atoms with Gasteiger partial charge in [0.25, 0.3) is 0 Å². The van der Waals surface area contributed by atoms with Gasteiger partial charge >= 0.3 is 13.3 Å². The number of aromatic nitrogens is 1. The number of rotatable bonds is 4. The maximum Gasteiger partial charge on any atom is 0.525 e. The Hall–Kier alpha value is -1.61. The number of hydrogen-bond acceptors (Lipinski definition) is 4. The third-order valence-corrected chi connectivity index (χ3v) is 3.93. The number of nitrogens with zero attached hydrogens (tertiary/aromatic N) is 1. The monoisotopic (exact) mass is 347 g/mol. The largest absolute Gasteiger partial charge is 0.525 e. The van der Waals surface area contributed by atoms with Crippen LogP contribution in [0.2, 0.25) is 0 Å². The number of ether oxygens (including phenoxy) is 1. The number of alkyl halides is 3. The molecule has 132 valence electrons. The first-order valence-electron chi connectivity index (χ1n) is 7.28. The van der Waals surface area contributed by atoms with E-state index in [0.717, 1.165) is 6.08 Å². The summed E-state index contributed by atoms with van der Waals surface area (Å²) < 4.78 is 66.1. The Balaban J connectivity index is 2.04. The van der Waals surface area contributed by atoms with Crippen molar-refractivity contribution in [2.24, 2.45) is 0 Å². The van der Waals surface area contributed by atoms with Gasteiger partial charge in [-0.3, -0.25) is 0 Å². The molecule has 0 spiro atoms. The summed E-state index contributed by atoms with van der Waals surface area (Å²) in [6.45, 7) is 5.77. The fraction of sp³-hybridized carbons (Fsp3) is 0.533. The predicted octanol–water partition coefficient (Wildman–Crippen LogP) is 3.96. The highest BCUT2D eigenvalue weighted by Gasteiger charge is 2.53. The third-order valence-electron chi connectivity index (χ3n) is 3.93. The summed E-state index contributed by atoms with van der Waals surface area (Å²) in [4.78, 5) is 3.70. The van der Waals surface area contributed by atoms with E-state index in [1.54, 1.807) is 27.7 Å². The lowest BCUT2D eigenvalue weighted by Gasteiger charge is -2.32. The molecule has 4 nitrogen and oxygen atoms in total. The second-order valence-corrected chi connectivity index (χ2v) is 6.45. The molecule has 1 aliphatic heterocycles. The van der Waals surface area contributed by atoms with Crippen LogP contribution in [-0.4, -0.2) is 36.1 Å². The van der Waals surface area contributed by atoms with Gasteiger partial charge in [0.1, 0.15) is 5.73 Å². The van der Waals surface area contributed by atoms with E-state index in [4.69, 9.17) is 9.31 Å². The molecule has 1 aliphatic rings. The molecular weight excluding hydrogens is 329 g/mol. The molecule has 1 saturated heterocycles. The van der Waals surface area contributed by atoms with Crippen molar-refractivity contribution in [3.8, 4) is 5.88 Å². The molecule has 1 fully saturated rings. The van der Waals surface area contributed by atoms with E-state index in [2.05, 4.69) is 9.72 Å². The molecule has 0 saturated carbocycles. The molecule has 2 heterocycles. The van der Waals surface area contributed by atoms with Crippen molar-refractivity contribution in [3.05, 3.63) is 29.6 Å². The highest BCUT2D eigenvalue weighted by atomic mass is 19.4. The fourth-order valence-corrected chi connectivity index (χ4v) is 1.90. The van der Waals surface area contributed by atoms with Gasteiger partial charge in [0.05, 0.1) is 11.2 Å². The van der Waals surface area contributed by atoms with Crippen LogP contribution in [0, 0.1) is 0 Å². The Kier molecular flexibility index (Phi) is 4.97. The zero-order valence-corrected chi connectivity index (χ0v) is 13.8. The van der Waals surface area contributed by atoms with Crippen LogP contribution in [0.1, 0.15) is 33.3 Å². The molecule has 0 radical (unpaired) electrons. The summed E-state index contributed by atoms with van der Waals surface area (Å²) in [6, 6.07) is 2.62. The minimum absolute atomic E-state index is 0.194. The van der Waals surface area contributed by atoms with Crippen LogP contribution in [0.5, 0.6) is 5.88 Å². The molecule has 0 N–H and O–H groups in total. The Morgan fingerprint density at radius 1 is 1.21 bits per heavy atom. The summed E-state index contributed by atoms with van der Waals surface area (Å²) in [5, 5.41) is 0. The van der Waals surface area contributed by atoms with E-state index in [1.165, 1.54) is 18.3 Å². The molecule has 0 unspecified atom stereocenters. The van der Waals surface area contributed by atoms with E-state index < -0.39 is 36.8 Å². The third kappa shape index (κ3) is 4.48. The molecule has 0 atom stereocenters. The van der Waals surface area contributed by atoms with Gasteiger partial charge in [-0.25, -0.2) is 9.37 Å². The minimum atomic E-state index is -4.44. The van der Waals surface area contributed by atoms with E-state index in [0.29, 0.717) is 5.56 Å². The van der Waals surface area contributed by atoms with Crippen LogP contribution in [-0.2, 0) is 9.31 Å². The lowest BCUT2D eigenvalue weighted by Crippen LogP contribution is -2.41. The molecule has 9 heteroatoms. The number of halogens is 4. The van der Waals surface area contributed by atoms with Gasteiger partial charge < -0.3 is 14.0 Å². The molecular formula is C15H18BF4NO3. The predicted molar refractivity (Wildman–Crippen MR) is 81.0 cm³/mol. The Morgan fingerprint density at radius 3 is 2.25 bits per heavy atom. The molecule has 0 aromatic carbocycles. The van der Waals surface area contributed by atoms with E-state index >= 15 is 0 Å². The first-order valence-corrected chi connectivity index (χ1v) is 7.28. The highest BCUT2D eigenvalue weighted by Crippen LogP contribution is 2.39. The molecule has 0 aliphatic carbocycles. The van der Waals surface area contributed by atoms with Gasteiger partial charge in [0.2, 0.25) is 5.88 Å². The van der Waals surface area contributed by atoms with E-state index in [-0.39, 0.29) is 5.88 Å². The standard InChI is InChI=1S/C15H18BF4NO3/c1-13(2)14(3,4)24-16(23-13)11(17)7-10-5-6-12(21-8-10)22-9-15(18,19)20/h5-8H,9H2,1-4H3. The molecule has 1 aromatic heterocycles. The number of pyridine rings is 1. The molecule has 1 aromatic rings. The van der Waals surface area contributed by atoms with E-state index in [9.17, 15) is 17.6 Å². The van der Waals surface area contributed by atoms with Gasteiger partial charge in [-0.1, -0.05) is 0 Å². The quantitative estimate of drug-likeness (QED) is 0.611. The van der Waals surface area contributed by atoms with Crippen LogP contribution in [0.25, 0.3) is 6.08 Å². The normalized spacial score (nSPS) is 20.3. The van der Waals surface area contributed by atoms with Crippen LogP contribution in [0.3, 0.4) is 0 Å². The average Bonchev–Trinajstić information content (AvgIpc) is 2.66. The van der Waals surface area contributed by atoms with Gasteiger partial charge in [-0.2, -0.15) is 13.2 Å². The molecule has 0 bridgehead atoms. The topological polar surface area (TPSA) is 40.6 Å². The second kappa shape index (κ2) is 6.36. The van der Waals surface area contributed by atoms with Crippen LogP contribution in [0.4, 0.5) is 17.6 Å². The van der Waals surface area contributed by atoms with Gasteiger partial charge in [-0.05, 0) is 45.4 Å². The zero-order chi connectivity index (χ0) is 18.2. The fourth-order valence-electron chi connectivity index (χ4n) is 1.90. The van der Waals surface area contributed by atoms with Crippen molar-refractivity contribution in [2.45, 2.75) is 45.1 Å². The van der Waals surface area contributed by atoms with Crippen LogP contribution in [0.15, 0.2) is 24.1 Å². The Bertz CT molecular complexity index is 598. The molecule has 2 rings (SSSR count). The second-order valence-electron chi connectivity index (χ2n) is 6.45. The van der Waals surface area contributed by atoms with Crippen LogP contribution < -0.4 is 4.74 Å². The smallest absolute Gasteiger partial charge is 0.468 e. The summed E-state index contributed by atoms with van der Waals surface area (Å²) >= 11 is 0. The zero-order valence-electron chi connectivity index (χ0n) is 13.8. The van der Waals surface area contributed by atoms with Crippen LogP contribution >= 0.6 is 0 Å². The lowest BCUT2D eigenvalue weighted by atomic mass is 9.87. The summed E-state index contributed by atoms with van der Waals surface area (Å²) in [5.74, 6) is -0.194. The average molecular weight is 347 g/mol. The first-order chi connectivity index (χ1) is 10.9. The maximum absolute atomic E-state index is 14.3. The summed E-state index contributed by atoms with van der Waals surface area (Å²) in [5.41, 5.74) is -1.65. The Labute approximate surface area is 138 Å². The minimum Gasteiger partial charge on any atom is -0.468 e. The summed E-state index contributed by atoms with van der Waals surface area (Å²) in [7, 11) is -1.14. The number of hydrogen-bond donors (Lipinski definition) is 0. The Morgan fingerprint density at radius 2 is 1.79 bits per heavy atom.